The summed E-state index contributed by atoms with van der Waals surface area (Å²) in [6.07, 6.45) is 4.28. The largest absolute Gasteiger partial charge is 1.00 e. The maximum atomic E-state index is 12.2. The third kappa shape index (κ3) is 16.2. The summed E-state index contributed by atoms with van der Waals surface area (Å²) in [6.45, 7) is 2.63. The van der Waals surface area contributed by atoms with E-state index in [0.29, 0.717) is 58.0 Å². The van der Waals surface area contributed by atoms with Gasteiger partial charge in [-0.2, -0.15) is 0 Å². The number of amides is 2. The molecule has 2 amide bonds. The normalized spacial score (nSPS) is 13.0. The number of benzene rings is 7. The lowest BCUT2D eigenvalue weighted by atomic mass is 10.0. The summed E-state index contributed by atoms with van der Waals surface area (Å²) in [5.41, 5.74) is 4.67. The van der Waals surface area contributed by atoms with Gasteiger partial charge in [-0.15, -0.1) is 0 Å². The standard InChI is InChI=1S/C26H23NO3P.C21H22N2O5.C13H15NO3.BrH/c1-30-26-18-17-21(19-25(26)27(28)29)20-31(22-11-5-2-6-12-22,23-13-7-3-8-14-23)24-15-9-4-10-16-24;1-27-20-8-7-18(14-19(20)23(25)26)13-16-9-11-22(12-10-16)21(24)28-15-17-5-3-2-4-6-17;15-12-6-8-14(9-7-12)13(16)17-10-11-4-2-1-3-5-11;/h2-19H,20H2,1H3;2-8,13-14H,9-12,15H2,1H3;1-5H,6-10H2;1H/q+1;;;/p-1. The highest BCUT2D eigenvalue weighted by atomic mass is 79.9. The first-order chi connectivity index (χ1) is 37.0. The fraction of sp³-hybridized carbons (Fsp3) is 0.217. The number of carbonyl (C=O) groups is 3. The molecule has 7 aromatic rings. The minimum Gasteiger partial charge on any atom is -1.00 e. The molecule has 2 aliphatic rings. The van der Waals surface area contributed by atoms with E-state index in [9.17, 15) is 34.6 Å². The minimum absolute atomic E-state index is 0. The van der Waals surface area contributed by atoms with Crippen LogP contribution in [0, 0.1) is 20.2 Å². The number of Topliss-reactive ketones (excluding diaryl/α,β-unsaturated/α-hetero) is 1. The number of rotatable bonds is 14. The molecule has 7 aromatic carbocycles. The number of piperidine rings is 2. The molecule has 2 saturated heterocycles. The van der Waals surface area contributed by atoms with Crippen molar-refractivity contribution >= 4 is 58.6 Å². The maximum absolute atomic E-state index is 12.2. The average molecular weight is 1120 g/mol. The highest BCUT2D eigenvalue weighted by Crippen LogP contribution is 2.58. The summed E-state index contributed by atoms with van der Waals surface area (Å²) in [5, 5.41) is 26.5. The van der Waals surface area contributed by atoms with Crippen molar-refractivity contribution in [2.45, 2.75) is 45.1 Å². The van der Waals surface area contributed by atoms with Crippen molar-refractivity contribution in [3.05, 3.63) is 236 Å². The quantitative estimate of drug-likeness (QED) is 0.0579. The maximum Gasteiger partial charge on any atom is 0.410 e. The summed E-state index contributed by atoms with van der Waals surface area (Å²) in [4.78, 5) is 60.2. The van der Waals surface area contributed by atoms with Crippen LogP contribution in [0.15, 0.2) is 194 Å². The van der Waals surface area contributed by atoms with Gasteiger partial charge in [0.2, 0.25) is 0 Å². The van der Waals surface area contributed by atoms with E-state index in [4.69, 9.17) is 18.9 Å². The predicted molar refractivity (Wildman–Crippen MR) is 296 cm³/mol. The van der Waals surface area contributed by atoms with Crippen LogP contribution in [0.4, 0.5) is 21.0 Å². The molecule has 9 rings (SSSR count). The molecule has 0 aliphatic carbocycles. The Morgan fingerprint density at radius 1 is 0.519 bits per heavy atom. The number of carbonyl (C=O) groups excluding carboxylic acids is 3. The van der Waals surface area contributed by atoms with Crippen molar-refractivity contribution in [1.29, 1.82) is 0 Å². The zero-order valence-corrected chi connectivity index (χ0v) is 45.3. The van der Waals surface area contributed by atoms with Crippen LogP contribution in [0.2, 0.25) is 0 Å². The second-order valence-corrected chi connectivity index (χ2v) is 21.3. The first-order valence-corrected chi connectivity index (χ1v) is 26.8. The molecule has 17 heteroatoms. The topological polar surface area (TPSA) is 181 Å². The van der Waals surface area contributed by atoms with Gasteiger partial charge in [0.1, 0.15) is 42.2 Å². The van der Waals surface area contributed by atoms with Crippen LogP contribution < -0.4 is 42.4 Å². The van der Waals surface area contributed by atoms with Crippen LogP contribution in [-0.4, -0.2) is 78.0 Å². The summed E-state index contributed by atoms with van der Waals surface area (Å²) in [6, 6.07) is 60.8. The van der Waals surface area contributed by atoms with Crippen molar-refractivity contribution in [2.24, 2.45) is 0 Å². The van der Waals surface area contributed by atoms with Gasteiger partial charge in [-0.25, -0.2) is 9.59 Å². The highest BCUT2D eigenvalue weighted by molar-refractivity contribution is 7.95. The molecule has 0 N–H and O–H groups in total. The van der Waals surface area contributed by atoms with Crippen LogP contribution in [0.3, 0.4) is 0 Å². The Kier molecular flexibility index (Phi) is 22.0. The van der Waals surface area contributed by atoms with E-state index in [1.54, 1.807) is 34.1 Å². The van der Waals surface area contributed by atoms with Crippen molar-refractivity contribution < 1.29 is 60.2 Å². The van der Waals surface area contributed by atoms with E-state index in [-0.39, 0.29) is 76.0 Å². The lowest BCUT2D eigenvalue weighted by molar-refractivity contribution is -0.385. The first-order valence-electron chi connectivity index (χ1n) is 24.8. The molecular weight excluding hydrogens is 1060 g/mol. The number of methoxy groups -OCH3 is 2. The molecule has 15 nitrogen and oxygen atoms in total. The van der Waals surface area contributed by atoms with E-state index >= 15 is 0 Å². The Morgan fingerprint density at radius 3 is 1.30 bits per heavy atom. The zero-order chi connectivity index (χ0) is 53.7. The van der Waals surface area contributed by atoms with Crippen LogP contribution in [0.25, 0.3) is 6.08 Å². The van der Waals surface area contributed by atoms with E-state index in [2.05, 4.69) is 72.8 Å². The summed E-state index contributed by atoms with van der Waals surface area (Å²) < 4.78 is 20.8. The van der Waals surface area contributed by atoms with Crippen molar-refractivity contribution in [1.82, 2.24) is 9.80 Å². The second kappa shape index (κ2) is 29.2. The number of hydrogen-bond donors (Lipinski definition) is 0. The number of halogens is 1. The molecule has 0 bridgehead atoms. The molecule has 0 atom stereocenters. The number of hydrogen-bond acceptors (Lipinski definition) is 11. The number of nitro benzene ring substituents is 2. The Hall–Kier alpha value is -8.20. The molecule has 77 heavy (non-hydrogen) atoms. The Morgan fingerprint density at radius 2 is 0.896 bits per heavy atom. The average Bonchev–Trinajstić information content (AvgIpc) is 3.52. The fourth-order valence-corrected chi connectivity index (χ4v) is 13.1. The van der Waals surface area contributed by atoms with Crippen molar-refractivity contribution in [2.75, 3.05) is 40.4 Å². The van der Waals surface area contributed by atoms with Crippen molar-refractivity contribution in [3.8, 4) is 11.5 Å². The number of likely N-dealkylation sites (tertiary alicyclic amines) is 2. The Balaban J connectivity index is 0.000000193. The van der Waals surface area contributed by atoms with Gasteiger partial charge in [-0.05, 0) is 83.6 Å². The third-order valence-corrected chi connectivity index (χ3v) is 17.3. The van der Waals surface area contributed by atoms with Crippen LogP contribution in [0.5, 0.6) is 11.5 Å². The van der Waals surface area contributed by atoms with Gasteiger partial charge in [-0.3, -0.25) is 25.0 Å². The van der Waals surface area contributed by atoms with E-state index in [0.717, 1.165) is 27.8 Å². The molecular formula is C60H60BrN4O11P. The molecule has 0 spiro atoms. The van der Waals surface area contributed by atoms with Gasteiger partial charge in [0, 0.05) is 51.2 Å². The van der Waals surface area contributed by atoms with Gasteiger partial charge in [0.25, 0.3) is 0 Å². The SMILES string of the molecule is COc1ccc(C=C2CCN(C(=O)OCc3ccccc3)CC2)cc1[N+](=O)[O-].COc1ccc(C[P+](c2ccccc2)(c2ccccc2)c2ccccc2)cc1[N+](=O)[O-].O=C1CCN(C(=O)OCc2ccccc2)CC1.[Br-]. The molecule has 2 aliphatic heterocycles. The summed E-state index contributed by atoms with van der Waals surface area (Å²) in [5.74, 6) is 0.733. The summed E-state index contributed by atoms with van der Waals surface area (Å²) in [7, 11) is 0.753. The number of nitrogens with zero attached hydrogens (tertiary/aromatic N) is 4. The smallest absolute Gasteiger partial charge is 0.410 e. The molecule has 0 radical (unpaired) electrons. The monoisotopic (exact) mass is 1120 g/mol. The van der Waals surface area contributed by atoms with Crippen molar-refractivity contribution in [3.63, 3.8) is 0 Å². The lowest BCUT2D eigenvalue weighted by Gasteiger charge is -2.27. The Bertz CT molecular complexity index is 2970. The molecule has 0 aromatic heterocycles. The molecule has 2 heterocycles. The molecule has 2 fully saturated rings. The molecule has 398 valence electrons. The predicted octanol–water partition coefficient (Wildman–Crippen LogP) is 8.51. The lowest BCUT2D eigenvalue weighted by Crippen LogP contribution is -3.00. The Labute approximate surface area is 459 Å². The minimum atomic E-state index is -2.11. The van der Waals surface area contributed by atoms with Crippen LogP contribution >= 0.6 is 7.26 Å². The molecule has 0 saturated carbocycles. The second-order valence-electron chi connectivity index (χ2n) is 17.8. The number of ether oxygens (including phenoxy) is 4. The van der Waals surface area contributed by atoms with Gasteiger partial charge in [0.15, 0.2) is 11.5 Å². The number of ketones is 1. The third-order valence-electron chi connectivity index (χ3n) is 12.9. The number of nitro groups is 2. The zero-order valence-electron chi connectivity index (χ0n) is 42.9. The van der Waals surface area contributed by atoms with Gasteiger partial charge in [0.05, 0.1) is 30.2 Å². The van der Waals surface area contributed by atoms with Gasteiger partial charge < -0.3 is 45.7 Å². The van der Waals surface area contributed by atoms with Crippen LogP contribution in [0.1, 0.15) is 47.9 Å². The molecule has 0 unspecified atom stereocenters. The van der Waals surface area contributed by atoms with Crippen LogP contribution in [-0.2, 0) is 33.6 Å². The fourth-order valence-electron chi connectivity index (χ4n) is 8.87. The van der Waals surface area contributed by atoms with Gasteiger partial charge in [-0.1, -0.05) is 139 Å². The highest BCUT2D eigenvalue weighted by Gasteiger charge is 2.45. The van der Waals surface area contributed by atoms with E-state index < -0.39 is 12.2 Å². The van der Waals surface area contributed by atoms with E-state index in [1.165, 1.54) is 36.2 Å². The van der Waals surface area contributed by atoms with Gasteiger partial charge >= 0.3 is 23.6 Å². The summed E-state index contributed by atoms with van der Waals surface area (Å²) >= 11 is 0. The van der Waals surface area contributed by atoms with E-state index in [1.807, 2.05) is 91.0 Å². The first kappa shape index (κ1) is 58.1.